The van der Waals surface area contributed by atoms with Gasteiger partial charge in [-0.3, -0.25) is 4.40 Å². The normalized spacial score (nSPS) is 11.2. The highest BCUT2D eigenvalue weighted by atomic mass is 16.5. The summed E-state index contributed by atoms with van der Waals surface area (Å²) < 4.78 is 7.59. The average molecular weight is 244 g/mol. The highest BCUT2D eigenvalue weighted by Gasteiger charge is 2.19. The lowest BCUT2D eigenvalue weighted by Gasteiger charge is -2.20. The Morgan fingerprint density at radius 2 is 2.33 bits per heavy atom. The van der Waals surface area contributed by atoms with Crippen LogP contribution < -0.4 is 10.1 Å². The van der Waals surface area contributed by atoms with Crippen molar-refractivity contribution in [3.63, 3.8) is 0 Å². The van der Waals surface area contributed by atoms with Gasteiger partial charge in [-0.05, 0) is 20.8 Å². The molecule has 2 rings (SSSR count). The molecule has 0 amide bonds. The number of hydrogen-bond donors (Lipinski definition) is 1. The molecule has 94 valence electrons. The first-order valence-corrected chi connectivity index (χ1v) is 5.80. The summed E-state index contributed by atoms with van der Waals surface area (Å²) in [5, 5.41) is 3.14. The van der Waals surface area contributed by atoms with Crippen molar-refractivity contribution < 1.29 is 4.74 Å². The van der Waals surface area contributed by atoms with E-state index in [0.29, 0.717) is 11.5 Å². The number of ether oxygens (including phenoxy) is 1. The van der Waals surface area contributed by atoms with Crippen LogP contribution in [0.5, 0.6) is 5.88 Å². The van der Waals surface area contributed by atoms with Crippen molar-refractivity contribution in [1.82, 2.24) is 14.4 Å². The van der Waals surface area contributed by atoms with Gasteiger partial charge in [-0.2, -0.15) is 4.98 Å². The highest BCUT2D eigenvalue weighted by molar-refractivity contribution is 5.54. The molecule has 0 bridgehead atoms. The predicted octanol–water partition coefficient (Wildman–Crippen LogP) is 1.95. The maximum absolute atomic E-state index is 5.74. The molecule has 0 aliphatic rings. The van der Waals surface area contributed by atoms with Crippen LogP contribution in [0.3, 0.4) is 0 Å². The summed E-state index contributed by atoms with van der Waals surface area (Å²) >= 11 is 0. The number of imidazole rings is 1. The van der Waals surface area contributed by atoms with Gasteiger partial charge < -0.3 is 10.1 Å². The van der Waals surface area contributed by atoms with E-state index in [4.69, 9.17) is 11.2 Å². The van der Waals surface area contributed by atoms with E-state index in [-0.39, 0.29) is 0 Å². The minimum absolute atomic E-state index is 0.432. The van der Waals surface area contributed by atoms with Gasteiger partial charge in [-0.15, -0.1) is 6.42 Å². The number of anilines is 1. The standard InChI is InChI=1S/C13H16N4O/c1-5-13(3,4)18-12-11-15-7-8-17(11)9-10(16-12)14-6-2/h1,7-9,14H,6H2,2-4H3. The molecule has 0 unspecified atom stereocenters. The van der Waals surface area contributed by atoms with Crippen LogP contribution in [0.4, 0.5) is 5.82 Å². The van der Waals surface area contributed by atoms with Crippen molar-refractivity contribution in [2.75, 3.05) is 11.9 Å². The zero-order valence-electron chi connectivity index (χ0n) is 10.8. The van der Waals surface area contributed by atoms with Gasteiger partial charge in [0.2, 0.25) is 5.65 Å². The lowest BCUT2D eigenvalue weighted by atomic mass is 10.1. The van der Waals surface area contributed by atoms with Crippen LogP contribution in [-0.4, -0.2) is 26.5 Å². The van der Waals surface area contributed by atoms with Crippen molar-refractivity contribution in [2.45, 2.75) is 26.4 Å². The van der Waals surface area contributed by atoms with Crippen molar-refractivity contribution in [2.24, 2.45) is 0 Å². The van der Waals surface area contributed by atoms with Crippen LogP contribution in [0.1, 0.15) is 20.8 Å². The molecule has 2 aromatic rings. The molecule has 2 aromatic heterocycles. The summed E-state index contributed by atoms with van der Waals surface area (Å²) in [7, 11) is 0. The molecule has 0 aliphatic carbocycles. The number of nitrogens with one attached hydrogen (secondary N) is 1. The third kappa shape index (κ3) is 2.38. The molecule has 0 aliphatic heterocycles. The van der Waals surface area contributed by atoms with E-state index < -0.39 is 5.60 Å². The Kier molecular flexibility index (Phi) is 3.11. The van der Waals surface area contributed by atoms with E-state index >= 15 is 0 Å². The third-order valence-corrected chi connectivity index (χ3v) is 2.40. The summed E-state index contributed by atoms with van der Waals surface area (Å²) in [6, 6.07) is 0. The van der Waals surface area contributed by atoms with Crippen molar-refractivity contribution in [3.05, 3.63) is 18.6 Å². The van der Waals surface area contributed by atoms with Crippen molar-refractivity contribution in [1.29, 1.82) is 0 Å². The molecule has 0 spiro atoms. The summed E-state index contributed by atoms with van der Waals surface area (Å²) in [5.74, 6) is 3.74. The maximum Gasteiger partial charge on any atom is 0.261 e. The number of hydrogen-bond acceptors (Lipinski definition) is 4. The second-order valence-electron chi connectivity index (χ2n) is 4.38. The molecular weight excluding hydrogens is 228 g/mol. The van der Waals surface area contributed by atoms with Crippen molar-refractivity contribution >= 4 is 11.5 Å². The topological polar surface area (TPSA) is 51.5 Å². The summed E-state index contributed by atoms with van der Waals surface area (Å²) in [5.41, 5.74) is -0.0652. The fourth-order valence-corrected chi connectivity index (χ4v) is 1.51. The smallest absolute Gasteiger partial charge is 0.261 e. The quantitative estimate of drug-likeness (QED) is 0.835. The van der Waals surface area contributed by atoms with Crippen molar-refractivity contribution in [3.8, 4) is 18.2 Å². The summed E-state index contributed by atoms with van der Waals surface area (Å²) in [6.45, 7) is 6.42. The van der Waals surface area contributed by atoms with Crippen LogP contribution >= 0.6 is 0 Å². The first kappa shape index (κ1) is 12.2. The molecular formula is C13H16N4O. The molecule has 2 heterocycles. The van der Waals surface area contributed by atoms with Gasteiger partial charge in [0.1, 0.15) is 5.82 Å². The molecule has 18 heavy (non-hydrogen) atoms. The van der Waals surface area contributed by atoms with E-state index in [2.05, 4.69) is 21.2 Å². The Balaban J connectivity index is 2.47. The monoisotopic (exact) mass is 244 g/mol. The van der Waals surface area contributed by atoms with Gasteiger partial charge in [-0.1, -0.05) is 5.92 Å². The second-order valence-corrected chi connectivity index (χ2v) is 4.38. The molecule has 0 radical (unpaired) electrons. The van der Waals surface area contributed by atoms with Gasteiger partial charge in [0.15, 0.2) is 5.60 Å². The van der Waals surface area contributed by atoms with E-state index in [1.54, 1.807) is 6.20 Å². The molecule has 0 saturated carbocycles. The molecule has 5 heteroatoms. The Hall–Kier alpha value is -2.22. The number of fused-ring (bicyclic) bond motifs is 1. The van der Waals surface area contributed by atoms with E-state index in [1.165, 1.54) is 0 Å². The van der Waals surface area contributed by atoms with Gasteiger partial charge in [0.25, 0.3) is 5.88 Å². The van der Waals surface area contributed by atoms with Gasteiger partial charge >= 0.3 is 0 Å². The fraction of sp³-hybridized carbons (Fsp3) is 0.385. The number of nitrogens with zero attached hydrogens (tertiary/aromatic N) is 3. The lowest BCUT2D eigenvalue weighted by molar-refractivity contribution is 0.166. The molecule has 0 atom stereocenters. The van der Waals surface area contributed by atoms with E-state index in [9.17, 15) is 0 Å². The third-order valence-electron chi connectivity index (χ3n) is 2.40. The first-order valence-electron chi connectivity index (χ1n) is 5.80. The maximum atomic E-state index is 5.74. The highest BCUT2D eigenvalue weighted by Crippen LogP contribution is 2.22. The van der Waals surface area contributed by atoms with Crippen LogP contribution in [0.25, 0.3) is 5.65 Å². The number of rotatable bonds is 4. The molecule has 0 aromatic carbocycles. The lowest BCUT2D eigenvalue weighted by Crippen LogP contribution is -2.26. The van der Waals surface area contributed by atoms with Gasteiger partial charge in [0.05, 0.1) is 6.20 Å². The SMILES string of the molecule is C#CC(C)(C)Oc1nc(NCC)cn2ccnc12. The van der Waals surface area contributed by atoms with Gasteiger partial charge in [-0.25, -0.2) is 4.98 Å². The first-order chi connectivity index (χ1) is 8.55. The Morgan fingerprint density at radius 3 is 3.00 bits per heavy atom. The molecule has 1 N–H and O–H groups in total. The van der Waals surface area contributed by atoms with E-state index in [0.717, 1.165) is 12.4 Å². The minimum atomic E-state index is -0.718. The Bertz CT molecular complexity index is 595. The fourth-order valence-electron chi connectivity index (χ4n) is 1.51. The summed E-state index contributed by atoms with van der Waals surface area (Å²) in [6.07, 6.45) is 10.8. The Morgan fingerprint density at radius 1 is 1.56 bits per heavy atom. The van der Waals surface area contributed by atoms with Crippen LogP contribution in [-0.2, 0) is 0 Å². The zero-order valence-corrected chi connectivity index (χ0v) is 10.8. The van der Waals surface area contributed by atoms with E-state index in [1.807, 2.05) is 37.6 Å². The summed E-state index contributed by atoms with van der Waals surface area (Å²) in [4.78, 5) is 8.60. The second kappa shape index (κ2) is 4.57. The average Bonchev–Trinajstić information content (AvgIpc) is 2.77. The van der Waals surface area contributed by atoms with Crippen LogP contribution in [0, 0.1) is 12.3 Å². The largest absolute Gasteiger partial charge is 0.456 e. The number of aromatic nitrogens is 3. The predicted molar refractivity (Wildman–Crippen MR) is 70.7 cm³/mol. The molecule has 0 saturated heterocycles. The number of terminal acetylenes is 1. The van der Waals surface area contributed by atoms with Gasteiger partial charge in [0, 0.05) is 18.9 Å². The Labute approximate surface area is 106 Å². The molecule has 0 fully saturated rings. The molecule has 5 nitrogen and oxygen atoms in total. The minimum Gasteiger partial charge on any atom is -0.456 e. The van der Waals surface area contributed by atoms with Crippen LogP contribution in [0.15, 0.2) is 18.6 Å². The van der Waals surface area contributed by atoms with Crippen LogP contribution in [0.2, 0.25) is 0 Å². The zero-order chi connectivity index (χ0) is 13.2.